The van der Waals surface area contributed by atoms with Gasteiger partial charge in [0.05, 0.1) is 62.2 Å². The minimum atomic E-state index is -2.34. The van der Waals surface area contributed by atoms with Crippen LogP contribution in [0.5, 0.6) is 17.2 Å². The fraction of sp³-hybridized carbons (Fsp3) is 0.531. The van der Waals surface area contributed by atoms with E-state index in [1.807, 2.05) is 0 Å². The molecule has 4 fully saturated rings. The molecule has 8 atom stereocenters. The molecule has 4 heterocycles. The number of aliphatic hydroxyl groups is 1. The van der Waals surface area contributed by atoms with Gasteiger partial charge in [0.15, 0.2) is 24.6 Å². The Bertz CT molecular complexity index is 2720. The van der Waals surface area contributed by atoms with Crippen molar-refractivity contribution in [2.24, 2.45) is 0 Å². The first kappa shape index (κ1) is 52.0. The van der Waals surface area contributed by atoms with Gasteiger partial charge in [-0.1, -0.05) is 12.1 Å². The number of morpholine rings is 1. The lowest BCUT2D eigenvalue weighted by atomic mass is 9.71. The maximum absolute atomic E-state index is 14.3. The zero-order chi connectivity index (χ0) is 53.0. The fourth-order valence-corrected chi connectivity index (χ4v) is 11.1. The molecule has 8 N–H and O–H groups in total. The number of rotatable bonds is 16. The van der Waals surface area contributed by atoms with Gasteiger partial charge in [-0.05, 0) is 32.8 Å². The van der Waals surface area contributed by atoms with Crippen molar-refractivity contribution in [3.8, 4) is 17.2 Å². The largest absolute Gasteiger partial charge is 0.507 e. The number of carbonyl (C=O) groups is 9. The number of benzene rings is 2. The summed E-state index contributed by atoms with van der Waals surface area (Å²) in [6.45, 7) is 2.78. The number of imide groups is 1. The SMILES string of the molecule is COc1cccc2c1C(=O)c1c(O)c3c(c(O)c1C2=O)C[C@@](O)(C(=O)NC1CC(C)(NC(=O)CNC(=O)CNC(=O)CNC(=O)CCN2C(=O)C=CC2=O)C1)C[C@@H]3O[C@H]1C[C@H]2[C@H](O[C@@H]3[C@@H](OC)OCCN32)[C@H](C)O1. The smallest absolute Gasteiger partial charge is 0.253 e. The van der Waals surface area contributed by atoms with E-state index in [0.29, 0.717) is 13.2 Å². The average Bonchev–Trinajstić information content (AvgIpc) is 3.90. The van der Waals surface area contributed by atoms with E-state index in [-0.39, 0.29) is 66.3 Å². The highest BCUT2D eigenvalue weighted by Gasteiger charge is 2.56. The highest BCUT2D eigenvalue weighted by Crippen LogP contribution is 2.53. The van der Waals surface area contributed by atoms with E-state index in [2.05, 4.69) is 31.5 Å². The van der Waals surface area contributed by atoms with Crippen LogP contribution in [0.1, 0.15) is 95.0 Å². The number of amides is 7. The minimum absolute atomic E-state index is 0.0709. The lowest BCUT2D eigenvalue weighted by Gasteiger charge is -2.47. The summed E-state index contributed by atoms with van der Waals surface area (Å²) >= 11 is 0. The van der Waals surface area contributed by atoms with Gasteiger partial charge in [-0.25, -0.2) is 0 Å². The number of phenolic OH excluding ortho intramolecular Hbond substituents is 2. The van der Waals surface area contributed by atoms with Crippen molar-refractivity contribution in [1.29, 1.82) is 0 Å². The molecule has 7 aliphatic rings. The Morgan fingerprint density at radius 1 is 0.838 bits per heavy atom. The van der Waals surface area contributed by atoms with Gasteiger partial charge >= 0.3 is 0 Å². The number of ketones is 2. The van der Waals surface area contributed by atoms with Gasteiger partial charge in [0.1, 0.15) is 29.0 Å². The Labute approximate surface area is 422 Å². The molecule has 1 saturated carbocycles. The Kier molecular flexibility index (Phi) is 14.4. The van der Waals surface area contributed by atoms with Gasteiger partial charge in [-0.3, -0.25) is 53.0 Å². The second-order valence-corrected chi connectivity index (χ2v) is 19.6. The summed E-state index contributed by atoms with van der Waals surface area (Å²) in [6, 6.07) is 3.54. The van der Waals surface area contributed by atoms with Crippen LogP contribution in [0, 0.1) is 0 Å². The molecule has 0 unspecified atom stereocenters. The van der Waals surface area contributed by atoms with Crippen molar-refractivity contribution >= 4 is 52.9 Å². The van der Waals surface area contributed by atoms with E-state index in [9.17, 15) is 58.5 Å². The first-order chi connectivity index (χ1) is 35.2. The first-order valence-electron chi connectivity index (χ1n) is 24.1. The third kappa shape index (κ3) is 9.82. The number of nitrogens with one attached hydrogen (secondary N) is 5. The van der Waals surface area contributed by atoms with Crippen molar-refractivity contribution in [3.05, 3.63) is 63.7 Å². The predicted molar refractivity (Wildman–Crippen MR) is 249 cm³/mol. The minimum Gasteiger partial charge on any atom is -0.507 e. The van der Waals surface area contributed by atoms with E-state index in [1.165, 1.54) is 32.4 Å². The summed E-state index contributed by atoms with van der Waals surface area (Å²) < 4.78 is 36.0. The molecule has 3 saturated heterocycles. The number of hydrogen-bond donors (Lipinski definition) is 8. The molecular weight excluding hydrogens is 975 g/mol. The van der Waals surface area contributed by atoms with E-state index >= 15 is 0 Å². The number of nitrogens with zero attached hydrogens (tertiary/aromatic N) is 2. The Morgan fingerprint density at radius 2 is 1.50 bits per heavy atom. The summed E-state index contributed by atoms with van der Waals surface area (Å²) in [5, 5.41) is 49.2. The van der Waals surface area contributed by atoms with Crippen molar-refractivity contribution in [3.63, 3.8) is 0 Å². The molecule has 4 aliphatic heterocycles. The highest BCUT2D eigenvalue weighted by molar-refractivity contribution is 6.31. The van der Waals surface area contributed by atoms with Gasteiger partial charge < -0.3 is 70.3 Å². The van der Waals surface area contributed by atoms with E-state index in [0.717, 1.165) is 17.1 Å². The second-order valence-electron chi connectivity index (χ2n) is 19.6. The number of carbonyl (C=O) groups excluding carboxylic acids is 9. The lowest BCUT2D eigenvalue weighted by molar-refractivity contribution is -0.256. The summed E-state index contributed by atoms with van der Waals surface area (Å²) in [5.74, 6) is -7.49. The van der Waals surface area contributed by atoms with Crippen LogP contribution in [-0.2, 0) is 63.7 Å². The monoisotopic (exact) mass is 1030 g/mol. The molecule has 0 aromatic heterocycles. The van der Waals surface area contributed by atoms with Crippen LogP contribution < -0.4 is 31.3 Å². The quantitative estimate of drug-likeness (QED) is 0.0566. The number of methoxy groups -OCH3 is 2. The average molecular weight is 1030 g/mol. The molecule has 0 spiro atoms. The van der Waals surface area contributed by atoms with Crippen LogP contribution in [0.3, 0.4) is 0 Å². The Morgan fingerprint density at radius 3 is 2.18 bits per heavy atom. The molecule has 74 heavy (non-hydrogen) atoms. The molecule has 0 bridgehead atoms. The van der Waals surface area contributed by atoms with Crippen LogP contribution in [0.2, 0.25) is 0 Å². The van der Waals surface area contributed by atoms with E-state index in [1.54, 1.807) is 13.8 Å². The van der Waals surface area contributed by atoms with Gasteiger partial charge in [-0.2, -0.15) is 0 Å². The van der Waals surface area contributed by atoms with Crippen molar-refractivity contribution in [2.45, 2.75) is 113 Å². The molecular formula is C49H57N7O18. The normalized spacial score (nSPS) is 29.7. The summed E-state index contributed by atoms with van der Waals surface area (Å²) in [5.41, 5.74) is -4.69. The molecule has 2 aromatic rings. The lowest BCUT2D eigenvalue weighted by Crippen LogP contribution is -2.65. The molecule has 396 valence electrons. The summed E-state index contributed by atoms with van der Waals surface area (Å²) in [6.07, 6.45) is -3.13. The topological polar surface area (TPSA) is 336 Å². The first-order valence-corrected chi connectivity index (χ1v) is 24.1. The highest BCUT2D eigenvalue weighted by atomic mass is 16.7. The van der Waals surface area contributed by atoms with Gasteiger partial charge in [0, 0.05) is 92.3 Å². The third-order valence-corrected chi connectivity index (χ3v) is 14.6. The zero-order valence-electron chi connectivity index (χ0n) is 40.9. The van der Waals surface area contributed by atoms with Crippen LogP contribution in [-0.4, -0.2) is 186 Å². The van der Waals surface area contributed by atoms with Crippen LogP contribution in [0.15, 0.2) is 30.4 Å². The van der Waals surface area contributed by atoms with Gasteiger partial charge in [0.25, 0.3) is 17.7 Å². The number of hydrogen-bond acceptors (Lipinski definition) is 19. The van der Waals surface area contributed by atoms with Crippen molar-refractivity contribution in [1.82, 2.24) is 36.4 Å². The molecule has 9 rings (SSSR count). The number of aromatic hydroxyl groups is 2. The standard InChI is InChI=1S/C49H57N7O18/c1-22-44-26(55-12-13-71-46(70-4)45(55)74-44)14-35(72-22)73-28-18-49(68,17-25-37(28)43(66)39-38(41(25)64)40(63)24-6-5-7-27(69-3)36(24)42(39)65)47(67)53-23-15-48(2,16-23)54-32(60)21-52-31(59)20-51-30(58)19-50-29(57)10-11-56-33(61)8-9-34(56)62/h5-9,22-23,26,28,35,44-46,64,66,68H,10-21H2,1-4H3,(H,50,57)(H,51,58)(H,52,59)(H,53,67)(H,54,60)/t22-,23?,26-,28-,35-,44+,45+,46-,48?,49-/m0/s1. The number of fused-ring (bicyclic) bond motifs is 6. The Balaban J connectivity index is 0.835. The zero-order valence-corrected chi connectivity index (χ0v) is 40.9. The van der Waals surface area contributed by atoms with E-state index in [4.69, 9.17) is 28.4 Å². The molecule has 0 radical (unpaired) electrons. The maximum atomic E-state index is 14.3. The van der Waals surface area contributed by atoms with Crippen molar-refractivity contribution in [2.75, 3.05) is 53.6 Å². The van der Waals surface area contributed by atoms with Crippen molar-refractivity contribution < 1.29 is 86.9 Å². The third-order valence-electron chi connectivity index (χ3n) is 14.6. The van der Waals surface area contributed by atoms with E-state index < -0.39 is 162 Å². The number of phenols is 2. The molecule has 3 aliphatic carbocycles. The second kappa shape index (κ2) is 20.4. The van der Waals surface area contributed by atoms with Crippen LogP contribution >= 0.6 is 0 Å². The van der Waals surface area contributed by atoms with Crippen LogP contribution in [0.4, 0.5) is 0 Å². The Hall–Kier alpha value is -6.87. The fourth-order valence-electron chi connectivity index (χ4n) is 11.1. The molecule has 25 heteroatoms. The van der Waals surface area contributed by atoms with Crippen LogP contribution in [0.25, 0.3) is 0 Å². The summed E-state index contributed by atoms with van der Waals surface area (Å²) in [4.78, 5) is 119. The number of ether oxygens (including phenoxy) is 6. The predicted octanol–water partition coefficient (Wildman–Crippen LogP) is -2.03. The molecule has 2 aromatic carbocycles. The summed E-state index contributed by atoms with van der Waals surface area (Å²) in [7, 11) is 2.84. The molecule has 25 nitrogen and oxygen atoms in total. The maximum Gasteiger partial charge on any atom is 0.253 e. The van der Waals surface area contributed by atoms with Gasteiger partial charge in [0.2, 0.25) is 29.4 Å². The van der Waals surface area contributed by atoms with Gasteiger partial charge in [-0.15, -0.1) is 0 Å². The molecule has 7 amide bonds.